The number of hydrogen-bond donors (Lipinski definition) is 0. The molecular formula is C29H35NO2Si. The fraction of sp³-hybridized carbons (Fsp3) is 0.345. The maximum atomic E-state index is 12.9. The van der Waals surface area contributed by atoms with Gasteiger partial charge in [-0.15, -0.1) is 0 Å². The molecule has 1 atom stereocenters. The highest BCUT2D eigenvalue weighted by Crippen LogP contribution is 2.37. The van der Waals surface area contributed by atoms with E-state index in [1.54, 1.807) is 0 Å². The molecule has 3 aromatic rings. The molecule has 0 radical (unpaired) electrons. The molecule has 33 heavy (non-hydrogen) atoms. The van der Waals surface area contributed by atoms with E-state index < -0.39 is 8.32 Å². The lowest BCUT2D eigenvalue weighted by Gasteiger charge is -2.44. The molecule has 1 fully saturated rings. The van der Waals surface area contributed by atoms with Gasteiger partial charge in [-0.25, -0.2) is 0 Å². The van der Waals surface area contributed by atoms with E-state index in [0.717, 1.165) is 19.6 Å². The molecule has 172 valence electrons. The molecule has 0 saturated carbocycles. The Morgan fingerprint density at radius 1 is 0.848 bits per heavy atom. The number of likely N-dealkylation sites (tertiary alicyclic amines) is 1. The minimum atomic E-state index is -2.63. The first-order valence-corrected chi connectivity index (χ1v) is 13.8. The standard InChI is InChI=1S/C29H35NO2Si/c1-29(2,3)33(26-15-9-5-10-16-26,27-17-11-6-12-18-27)32-23-25-22-30(20-19-28(25)31)21-24-13-7-4-8-14-24/h4-18,25H,19-23H2,1-3H3. The molecule has 0 bridgehead atoms. The van der Waals surface area contributed by atoms with E-state index in [2.05, 4.69) is 111 Å². The molecule has 1 heterocycles. The van der Waals surface area contributed by atoms with Crippen molar-refractivity contribution < 1.29 is 9.22 Å². The molecule has 3 aromatic carbocycles. The number of Topliss-reactive ketones (excluding diaryl/α,β-unsaturated/α-hetero) is 1. The smallest absolute Gasteiger partial charge is 0.261 e. The van der Waals surface area contributed by atoms with E-state index in [1.807, 2.05) is 6.07 Å². The zero-order valence-corrected chi connectivity index (χ0v) is 21.0. The van der Waals surface area contributed by atoms with E-state index in [-0.39, 0.29) is 11.0 Å². The molecule has 0 aromatic heterocycles. The average Bonchev–Trinajstić information content (AvgIpc) is 2.82. The zero-order chi connectivity index (χ0) is 23.3. The molecule has 1 saturated heterocycles. The van der Waals surface area contributed by atoms with Gasteiger partial charge >= 0.3 is 0 Å². The molecule has 1 unspecified atom stereocenters. The Labute approximate surface area is 199 Å². The highest BCUT2D eigenvalue weighted by atomic mass is 28.4. The fourth-order valence-corrected chi connectivity index (χ4v) is 9.70. The third kappa shape index (κ3) is 5.19. The van der Waals surface area contributed by atoms with Crippen molar-refractivity contribution in [3.05, 3.63) is 96.6 Å². The van der Waals surface area contributed by atoms with Crippen LogP contribution in [0.3, 0.4) is 0 Å². The van der Waals surface area contributed by atoms with Crippen molar-refractivity contribution in [3.8, 4) is 0 Å². The van der Waals surface area contributed by atoms with Crippen LogP contribution in [0.25, 0.3) is 0 Å². The van der Waals surface area contributed by atoms with Gasteiger partial charge in [-0.3, -0.25) is 9.69 Å². The second-order valence-electron chi connectivity index (χ2n) is 10.1. The summed E-state index contributed by atoms with van der Waals surface area (Å²) in [6.07, 6.45) is 0.599. The van der Waals surface area contributed by atoms with Gasteiger partial charge in [-0.1, -0.05) is 112 Å². The molecule has 4 heteroatoms. The maximum absolute atomic E-state index is 12.9. The summed E-state index contributed by atoms with van der Waals surface area (Å²) in [6, 6.07) is 31.8. The van der Waals surface area contributed by atoms with Crippen LogP contribution in [0.2, 0.25) is 5.04 Å². The second kappa shape index (κ2) is 10.2. The van der Waals surface area contributed by atoms with Crippen molar-refractivity contribution in [2.24, 2.45) is 5.92 Å². The predicted molar refractivity (Wildman–Crippen MR) is 138 cm³/mol. The summed E-state index contributed by atoms with van der Waals surface area (Å²) < 4.78 is 7.07. The van der Waals surface area contributed by atoms with Gasteiger partial charge in [0.2, 0.25) is 0 Å². The summed E-state index contributed by atoms with van der Waals surface area (Å²) in [7, 11) is -2.63. The Hall–Kier alpha value is -2.53. The van der Waals surface area contributed by atoms with Crippen molar-refractivity contribution >= 4 is 24.5 Å². The molecular weight excluding hydrogens is 422 g/mol. The molecule has 1 aliphatic rings. The third-order valence-electron chi connectivity index (χ3n) is 6.78. The molecule has 0 aliphatic carbocycles. The van der Waals surface area contributed by atoms with Crippen LogP contribution in [0.4, 0.5) is 0 Å². The van der Waals surface area contributed by atoms with E-state index >= 15 is 0 Å². The Balaban J connectivity index is 1.61. The Morgan fingerprint density at radius 3 is 1.88 bits per heavy atom. The Bertz CT molecular complexity index is 992. The van der Waals surface area contributed by atoms with E-state index in [4.69, 9.17) is 4.43 Å². The van der Waals surface area contributed by atoms with Gasteiger partial charge in [0.1, 0.15) is 5.78 Å². The van der Waals surface area contributed by atoms with Gasteiger partial charge in [0.25, 0.3) is 8.32 Å². The van der Waals surface area contributed by atoms with Crippen LogP contribution >= 0.6 is 0 Å². The number of piperidine rings is 1. The summed E-state index contributed by atoms with van der Waals surface area (Å²) >= 11 is 0. The summed E-state index contributed by atoms with van der Waals surface area (Å²) in [5.74, 6) is 0.237. The number of ketones is 1. The fourth-order valence-electron chi connectivity index (χ4n) is 5.10. The minimum absolute atomic E-state index is 0.0862. The first kappa shape index (κ1) is 23.6. The van der Waals surface area contributed by atoms with Crippen molar-refractivity contribution in [1.29, 1.82) is 0 Å². The van der Waals surface area contributed by atoms with Crippen LogP contribution in [0, 0.1) is 5.92 Å². The first-order chi connectivity index (χ1) is 15.9. The maximum Gasteiger partial charge on any atom is 0.261 e. The molecule has 0 N–H and O–H groups in total. The largest absolute Gasteiger partial charge is 0.407 e. The second-order valence-corrected chi connectivity index (χ2v) is 14.4. The van der Waals surface area contributed by atoms with Crippen molar-refractivity contribution in [2.45, 2.75) is 38.8 Å². The highest BCUT2D eigenvalue weighted by molar-refractivity contribution is 6.99. The monoisotopic (exact) mass is 457 g/mol. The number of rotatable bonds is 7. The molecule has 1 aliphatic heterocycles. The number of hydrogen-bond acceptors (Lipinski definition) is 3. The lowest BCUT2D eigenvalue weighted by atomic mass is 9.97. The van der Waals surface area contributed by atoms with Crippen LogP contribution in [0.15, 0.2) is 91.0 Å². The van der Waals surface area contributed by atoms with Crippen molar-refractivity contribution in [2.75, 3.05) is 19.7 Å². The summed E-state index contributed by atoms with van der Waals surface area (Å²) in [5, 5.41) is 2.43. The lowest BCUT2D eigenvalue weighted by Crippen LogP contribution is -2.67. The molecule has 4 rings (SSSR count). The van der Waals surface area contributed by atoms with Crippen LogP contribution in [0.1, 0.15) is 32.8 Å². The van der Waals surface area contributed by atoms with Crippen molar-refractivity contribution in [1.82, 2.24) is 4.90 Å². The van der Waals surface area contributed by atoms with E-state index in [1.165, 1.54) is 15.9 Å². The minimum Gasteiger partial charge on any atom is -0.407 e. The summed E-state index contributed by atoms with van der Waals surface area (Å²) in [5.41, 5.74) is 1.29. The van der Waals surface area contributed by atoms with Gasteiger partial charge in [0.15, 0.2) is 0 Å². The van der Waals surface area contributed by atoms with Gasteiger partial charge < -0.3 is 4.43 Å². The Morgan fingerprint density at radius 2 is 1.36 bits per heavy atom. The van der Waals surface area contributed by atoms with Gasteiger partial charge in [0, 0.05) is 32.7 Å². The van der Waals surface area contributed by atoms with Crippen LogP contribution in [-0.2, 0) is 15.8 Å². The predicted octanol–water partition coefficient (Wildman–Crippen LogP) is 4.65. The third-order valence-corrected chi connectivity index (χ3v) is 11.8. The number of benzene rings is 3. The Kier molecular flexibility index (Phi) is 7.28. The average molecular weight is 458 g/mol. The number of carbonyl (C=O) groups excluding carboxylic acids is 1. The van der Waals surface area contributed by atoms with Crippen LogP contribution in [-0.4, -0.2) is 38.7 Å². The molecule has 3 nitrogen and oxygen atoms in total. The normalized spacial score (nSPS) is 17.8. The number of nitrogens with zero attached hydrogens (tertiary/aromatic N) is 1. The lowest BCUT2D eigenvalue weighted by molar-refractivity contribution is -0.127. The van der Waals surface area contributed by atoms with Gasteiger partial charge in [0.05, 0.1) is 5.92 Å². The number of carbonyl (C=O) groups is 1. The van der Waals surface area contributed by atoms with Gasteiger partial charge in [-0.05, 0) is 21.0 Å². The highest BCUT2D eigenvalue weighted by Gasteiger charge is 2.50. The van der Waals surface area contributed by atoms with E-state index in [0.29, 0.717) is 18.8 Å². The summed E-state index contributed by atoms with van der Waals surface area (Å²) in [6.45, 7) is 9.77. The SMILES string of the molecule is CC(C)(C)[Si](OCC1CN(Cc2ccccc2)CCC1=O)(c1ccccc1)c1ccccc1. The molecule has 0 spiro atoms. The molecule has 0 amide bonds. The van der Waals surface area contributed by atoms with Crippen LogP contribution < -0.4 is 10.4 Å². The topological polar surface area (TPSA) is 29.5 Å². The zero-order valence-electron chi connectivity index (χ0n) is 20.0. The summed E-state index contributed by atoms with van der Waals surface area (Å²) in [4.78, 5) is 15.3. The van der Waals surface area contributed by atoms with Gasteiger partial charge in [-0.2, -0.15) is 0 Å². The quantitative estimate of drug-likeness (QED) is 0.484. The van der Waals surface area contributed by atoms with Crippen LogP contribution in [0.5, 0.6) is 0 Å². The van der Waals surface area contributed by atoms with E-state index in [9.17, 15) is 4.79 Å². The first-order valence-electron chi connectivity index (χ1n) is 11.9. The van der Waals surface area contributed by atoms with Crippen molar-refractivity contribution in [3.63, 3.8) is 0 Å².